The Labute approximate surface area is 64.4 Å². The highest BCUT2D eigenvalue weighted by Crippen LogP contribution is 2.24. The standard InChI is InChI=1S/C7H9N3O/c8-5-3-9-7(10-4-5)11-6-1-2-6/h3-4,6H,1-2,8H2. The van der Waals surface area contributed by atoms with Crippen molar-refractivity contribution in [2.24, 2.45) is 0 Å². The van der Waals surface area contributed by atoms with Gasteiger partial charge in [0.05, 0.1) is 18.1 Å². The number of aromatic nitrogens is 2. The molecule has 4 heteroatoms. The second kappa shape index (κ2) is 2.38. The van der Waals surface area contributed by atoms with Gasteiger partial charge in [-0.15, -0.1) is 0 Å². The van der Waals surface area contributed by atoms with Crippen LogP contribution in [0.1, 0.15) is 12.8 Å². The molecule has 2 rings (SSSR count). The molecule has 0 unspecified atom stereocenters. The molecule has 1 aromatic rings. The first kappa shape index (κ1) is 6.39. The summed E-state index contributed by atoms with van der Waals surface area (Å²) in [6.45, 7) is 0. The monoisotopic (exact) mass is 151 g/mol. The van der Waals surface area contributed by atoms with E-state index in [-0.39, 0.29) is 0 Å². The van der Waals surface area contributed by atoms with Crippen LogP contribution in [0.4, 0.5) is 5.69 Å². The molecule has 1 aliphatic rings. The lowest BCUT2D eigenvalue weighted by molar-refractivity contribution is 0.278. The fourth-order valence-corrected chi connectivity index (χ4v) is 0.722. The zero-order valence-electron chi connectivity index (χ0n) is 6.03. The molecular weight excluding hydrogens is 142 g/mol. The lowest BCUT2D eigenvalue weighted by Crippen LogP contribution is -2.00. The van der Waals surface area contributed by atoms with Gasteiger partial charge in [-0.3, -0.25) is 0 Å². The van der Waals surface area contributed by atoms with Crippen LogP contribution in [0.3, 0.4) is 0 Å². The van der Waals surface area contributed by atoms with Crippen molar-refractivity contribution in [3.05, 3.63) is 12.4 Å². The number of ether oxygens (including phenoxy) is 1. The maximum absolute atomic E-state index is 5.39. The molecule has 0 bridgehead atoms. The van der Waals surface area contributed by atoms with Crippen molar-refractivity contribution in [3.63, 3.8) is 0 Å². The van der Waals surface area contributed by atoms with E-state index in [0.717, 1.165) is 12.8 Å². The van der Waals surface area contributed by atoms with E-state index in [9.17, 15) is 0 Å². The summed E-state index contributed by atoms with van der Waals surface area (Å²) in [5.74, 6) is 0. The van der Waals surface area contributed by atoms with Gasteiger partial charge in [0, 0.05) is 0 Å². The molecule has 0 aromatic carbocycles. The zero-order chi connectivity index (χ0) is 7.68. The van der Waals surface area contributed by atoms with Crippen LogP contribution < -0.4 is 10.5 Å². The lowest BCUT2D eigenvalue weighted by atomic mass is 10.6. The number of anilines is 1. The van der Waals surface area contributed by atoms with Gasteiger partial charge in [0.2, 0.25) is 0 Å². The van der Waals surface area contributed by atoms with E-state index in [0.29, 0.717) is 17.8 Å². The topological polar surface area (TPSA) is 61.0 Å². The zero-order valence-corrected chi connectivity index (χ0v) is 6.03. The van der Waals surface area contributed by atoms with Crippen molar-refractivity contribution in [2.45, 2.75) is 18.9 Å². The first-order chi connectivity index (χ1) is 5.34. The van der Waals surface area contributed by atoms with E-state index >= 15 is 0 Å². The molecule has 1 aromatic heterocycles. The third-order valence-electron chi connectivity index (χ3n) is 1.44. The van der Waals surface area contributed by atoms with Crippen LogP contribution in [0.2, 0.25) is 0 Å². The summed E-state index contributed by atoms with van der Waals surface area (Å²) in [6, 6.07) is 0.432. The van der Waals surface area contributed by atoms with Gasteiger partial charge in [-0.05, 0) is 12.8 Å². The predicted molar refractivity (Wildman–Crippen MR) is 40.1 cm³/mol. The quantitative estimate of drug-likeness (QED) is 0.672. The highest BCUT2D eigenvalue weighted by atomic mass is 16.5. The number of hydrogen-bond donors (Lipinski definition) is 1. The lowest BCUT2D eigenvalue weighted by Gasteiger charge is -1.99. The third-order valence-corrected chi connectivity index (χ3v) is 1.44. The molecular formula is C7H9N3O. The van der Waals surface area contributed by atoms with E-state index in [1.54, 1.807) is 12.4 Å². The predicted octanol–water partition coefficient (Wildman–Crippen LogP) is 0.600. The van der Waals surface area contributed by atoms with Crippen LogP contribution in [0.5, 0.6) is 6.01 Å². The fourth-order valence-electron chi connectivity index (χ4n) is 0.722. The van der Waals surface area contributed by atoms with Crippen molar-refractivity contribution in [2.75, 3.05) is 5.73 Å². The normalized spacial score (nSPS) is 16.4. The molecule has 4 nitrogen and oxygen atoms in total. The number of nitrogens with two attached hydrogens (primary N) is 1. The Morgan fingerprint density at radius 1 is 1.36 bits per heavy atom. The Morgan fingerprint density at radius 2 is 2.00 bits per heavy atom. The minimum atomic E-state index is 0.346. The van der Waals surface area contributed by atoms with Gasteiger partial charge in [-0.1, -0.05) is 0 Å². The average Bonchev–Trinajstić information content (AvgIpc) is 2.78. The first-order valence-corrected chi connectivity index (χ1v) is 3.59. The summed E-state index contributed by atoms with van der Waals surface area (Å²) in [6.07, 6.45) is 5.68. The van der Waals surface area contributed by atoms with E-state index in [4.69, 9.17) is 10.5 Å². The molecule has 2 N–H and O–H groups in total. The van der Waals surface area contributed by atoms with E-state index in [2.05, 4.69) is 9.97 Å². The molecule has 0 amide bonds. The molecule has 0 aliphatic heterocycles. The van der Waals surface area contributed by atoms with Crippen LogP contribution >= 0.6 is 0 Å². The summed E-state index contributed by atoms with van der Waals surface area (Å²) in [4.78, 5) is 7.80. The van der Waals surface area contributed by atoms with Gasteiger partial charge in [0.1, 0.15) is 6.10 Å². The Bertz CT molecular complexity index is 242. The summed E-state index contributed by atoms with van der Waals surface area (Å²) >= 11 is 0. The van der Waals surface area contributed by atoms with Crippen LogP contribution in [0.25, 0.3) is 0 Å². The Hall–Kier alpha value is -1.32. The molecule has 0 radical (unpaired) electrons. The molecule has 58 valence electrons. The molecule has 0 saturated heterocycles. The summed E-state index contributed by atoms with van der Waals surface area (Å²) < 4.78 is 5.30. The second-order valence-corrected chi connectivity index (χ2v) is 2.62. The molecule has 1 fully saturated rings. The van der Waals surface area contributed by atoms with Gasteiger partial charge in [-0.25, -0.2) is 9.97 Å². The number of nitrogens with zero attached hydrogens (tertiary/aromatic N) is 2. The molecule has 1 aliphatic carbocycles. The van der Waals surface area contributed by atoms with Crippen LogP contribution in [0.15, 0.2) is 12.4 Å². The summed E-state index contributed by atoms with van der Waals surface area (Å²) in [5, 5.41) is 0. The molecule has 11 heavy (non-hydrogen) atoms. The molecule has 1 heterocycles. The highest BCUT2D eigenvalue weighted by molar-refractivity contribution is 5.30. The van der Waals surface area contributed by atoms with Crippen molar-refractivity contribution in [1.29, 1.82) is 0 Å². The van der Waals surface area contributed by atoms with E-state index in [1.807, 2.05) is 0 Å². The van der Waals surface area contributed by atoms with Gasteiger partial charge >= 0.3 is 6.01 Å². The molecule has 0 spiro atoms. The van der Waals surface area contributed by atoms with Gasteiger partial charge in [0.15, 0.2) is 0 Å². The Morgan fingerprint density at radius 3 is 2.55 bits per heavy atom. The number of hydrogen-bond acceptors (Lipinski definition) is 4. The maximum Gasteiger partial charge on any atom is 0.316 e. The number of nitrogen functional groups attached to an aromatic ring is 1. The minimum Gasteiger partial charge on any atom is -0.460 e. The smallest absolute Gasteiger partial charge is 0.316 e. The molecule has 1 saturated carbocycles. The Balaban J connectivity index is 2.06. The highest BCUT2D eigenvalue weighted by Gasteiger charge is 2.24. The second-order valence-electron chi connectivity index (χ2n) is 2.62. The Kier molecular flexibility index (Phi) is 1.38. The van der Waals surface area contributed by atoms with Crippen molar-refractivity contribution in [3.8, 4) is 6.01 Å². The minimum absolute atomic E-state index is 0.346. The largest absolute Gasteiger partial charge is 0.460 e. The summed E-state index contributed by atoms with van der Waals surface area (Å²) in [7, 11) is 0. The van der Waals surface area contributed by atoms with Crippen molar-refractivity contribution in [1.82, 2.24) is 9.97 Å². The maximum atomic E-state index is 5.39. The average molecular weight is 151 g/mol. The van der Waals surface area contributed by atoms with Crippen molar-refractivity contribution >= 4 is 5.69 Å². The van der Waals surface area contributed by atoms with Crippen LogP contribution in [0, 0.1) is 0 Å². The third kappa shape index (κ3) is 1.58. The van der Waals surface area contributed by atoms with Crippen molar-refractivity contribution < 1.29 is 4.74 Å². The number of rotatable bonds is 2. The van der Waals surface area contributed by atoms with Crippen LogP contribution in [-0.4, -0.2) is 16.1 Å². The van der Waals surface area contributed by atoms with E-state index in [1.165, 1.54) is 0 Å². The van der Waals surface area contributed by atoms with Crippen LogP contribution in [-0.2, 0) is 0 Å². The SMILES string of the molecule is Nc1cnc(OC2CC2)nc1. The first-order valence-electron chi connectivity index (χ1n) is 3.59. The van der Waals surface area contributed by atoms with Gasteiger partial charge in [0.25, 0.3) is 0 Å². The van der Waals surface area contributed by atoms with Gasteiger partial charge < -0.3 is 10.5 Å². The molecule has 0 atom stereocenters. The van der Waals surface area contributed by atoms with Gasteiger partial charge in [-0.2, -0.15) is 0 Å². The summed E-state index contributed by atoms with van der Waals surface area (Å²) in [5.41, 5.74) is 5.96. The fraction of sp³-hybridized carbons (Fsp3) is 0.429. The van der Waals surface area contributed by atoms with E-state index < -0.39 is 0 Å².